The quantitative estimate of drug-likeness (QED) is 0.886. The van der Waals surface area contributed by atoms with Crippen LogP contribution in [-0.2, 0) is 22.5 Å². The van der Waals surface area contributed by atoms with Crippen molar-refractivity contribution in [1.82, 2.24) is 5.32 Å². The van der Waals surface area contributed by atoms with E-state index in [-0.39, 0.29) is 5.91 Å². The van der Waals surface area contributed by atoms with Crippen molar-refractivity contribution >= 4 is 23.2 Å². The molecule has 1 atom stereocenters. The molecule has 0 radical (unpaired) electrons. The number of nitrogens with one attached hydrogen (secondary N) is 1. The van der Waals surface area contributed by atoms with E-state index in [0.717, 1.165) is 10.4 Å². The van der Waals surface area contributed by atoms with Crippen molar-refractivity contribution in [1.29, 1.82) is 0 Å². The summed E-state index contributed by atoms with van der Waals surface area (Å²) in [5.74, 6) is -0.704. The molecule has 1 N–H and O–H groups in total. The highest BCUT2D eigenvalue weighted by Gasteiger charge is 2.42. The molecule has 1 aliphatic rings. The van der Waals surface area contributed by atoms with E-state index in [9.17, 15) is 9.59 Å². The van der Waals surface area contributed by atoms with Crippen molar-refractivity contribution in [3.8, 4) is 0 Å². The van der Waals surface area contributed by atoms with Crippen molar-refractivity contribution in [2.75, 3.05) is 0 Å². The third-order valence-electron chi connectivity index (χ3n) is 3.57. The first-order valence-electron chi connectivity index (χ1n) is 6.70. The fourth-order valence-electron chi connectivity index (χ4n) is 2.43. The highest BCUT2D eigenvalue weighted by Crippen LogP contribution is 2.28. The number of carbonyl (C=O) groups is 2. The molecule has 1 unspecified atom stereocenters. The Morgan fingerprint density at radius 2 is 2.14 bits per heavy atom. The molecule has 108 valence electrons. The number of hydrogen-bond donors (Lipinski definition) is 1. The third-order valence-corrected chi connectivity index (χ3v) is 4.44. The Morgan fingerprint density at radius 1 is 1.33 bits per heavy atom. The van der Waals surface area contributed by atoms with Gasteiger partial charge in [0.05, 0.1) is 12.1 Å². The zero-order chi connectivity index (χ0) is 14.9. The van der Waals surface area contributed by atoms with Crippen molar-refractivity contribution in [3.63, 3.8) is 0 Å². The number of amides is 1. The molecule has 2 heterocycles. The fraction of sp³-hybridized carbons (Fsp3) is 0.250. The number of hydrogen-bond acceptors (Lipinski definition) is 4. The zero-order valence-electron chi connectivity index (χ0n) is 11.6. The van der Waals surface area contributed by atoms with Gasteiger partial charge in [-0.1, -0.05) is 24.3 Å². The normalized spacial score (nSPS) is 20.5. The summed E-state index contributed by atoms with van der Waals surface area (Å²) in [7, 11) is 0. The van der Waals surface area contributed by atoms with Crippen LogP contribution >= 0.6 is 11.3 Å². The maximum atomic E-state index is 12.4. The lowest BCUT2D eigenvalue weighted by molar-refractivity contribution is -0.139. The van der Waals surface area contributed by atoms with Crippen LogP contribution in [0, 0.1) is 0 Å². The third kappa shape index (κ3) is 2.69. The van der Waals surface area contributed by atoms with Crippen LogP contribution in [0.3, 0.4) is 0 Å². The number of fused-ring (bicyclic) bond motifs is 1. The molecule has 1 aromatic heterocycles. The summed E-state index contributed by atoms with van der Waals surface area (Å²) in [6.45, 7) is 2.11. The van der Waals surface area contributed by atoms with E-state index in [1.807, 2.05) is 29.6 Å². The first-order chi connectivity index (χ1) is 10.1. The molecule has 0 saturated carbocycles. The second-order valence-corrected chi connectivity index (χ2v) is 6.25. The van der Waals surface area contributed by atoms with Crippen LogP contribution in [0.4, 0.5) is 0 Å². The molecule has 0 fully saturated rings. The van der Waals surface area contributed by atoms with Gasteiger partial charge in [0.1, 0.15) is 0 Å². The molecule has 5 heteroatoms. The van der Waals surface area contributed by atoms with Crippen molar-refractivity contribution < 1.29 is 14.3 Å². The predicted octanol–water partition coefficient (Wildman–Crippen LogP) is 2.54. The van der Waals surface area contributed by atoms with E-state index in [2.05, 4.69) is 5.32 Å². The standard InChI is InChI=1S/C16H15NO3S/c1-16(15(19)17-10-12-6-4-8-21-12)9-11-5-2-3-7-13(11)14(18)20-16/h2-8H,9-10H2,1H3,(H,17,19). The van der Waals surface area contributed by atoms with Crippen LogP contribution in [0.1, 0.15) is 27.7 Å². The Balaban J connectivity index is 1.75. The van der Waals surface area contributed by atoms with Crippen LogP contribution in [-0.4, -0.2) is 17.5 Å². The van der Waals surface area contributed by atoms with Gasteiger partial charge in [0.15, 0.2) is 5.60 Å². The number of benzene rings is 1. The minimum Gasteiger partial charge on any atom is -0.445 e. The predicted molar refractivity (Wildman–Crippen MR) is 80.1 cm³/mol. The molecule has 2 aromatic rings. The minimum atomic E-state index is -1.15. The van der Waals surface area contributed by atoms with Gasteiger partial charge in [0.25, 0.3) is 5.91 Å². The minimum absolute atomic E-state index is 0.265. The van der Waals surface area contributed by atoms with Gasteiger partial charge in [0, 0.05) is 11.3 Å². The highest BCUT2D eigenvalue weighted by atomic mass is 32.1. The second kappa shape index (κ2) is 5.33. The smallest absolute Gasteiger partial charge is 0.339 e. The summed E-state index contributed by atoms with van der Waals surface area (Å²) in [4.78, 5) is 25.5. The number of ether oxygens (including phenoxy) is 1. The summed E-state index contributed by atoms with van der Waals surface area (Å²) in [5.41, 5.74) is 0.242. The largest absolute Gasteiger partial charge is 0.445 e. The lowest BCUT2D eigenvalue weighted by atomic mass is 9.89. The molecule has 1 aromatic carbocycles. The van der Waals surface area contributed by atoms with Crippen molar-refractivity contribution in [2.45, 2.75) is 25.5 Å². The molecule has 1 amide bonds. The van der Waals surface area contributed by atoms with Gasteiger partial charge in [-0.25, -0.2) is 4.79 Å². The van der Waals surface area contributed by atoms with Gasteiger partial charge in [-0.3, -0.25) is 4.79 Å². The Bertz CT molecular complexity index is 681. The maximum Gasteiger partial charge on any atom is 0.339 e. The van der Waals surface area contributed by atoms with Crippen LogP contribution in [0.5, 0.6) is 0 Å². The summed E-state index contributed by atoms with van der Waals surface area (Å²) >= 11 is 1.58. The SMILES string of the molecule is CC1(C(=O)NCc2cccs2)Cc2ccccc2C(=O)O1. The molecule has 0 bridgehead atoms. The molecular formula is C16H15NO3S. The van der Waals surface area contributed by atoms with E-state index >= 15 is 0 Å². The van der Waals surface area contributed by atoms with Crippen LogP contribution in [0.25, 0.3) is 0 Å². The van der Waals surface area contributed by atoms with Crippen LogP contribution in [0.15, 0.2) is 41.8 Å². The topological polar surface area (TPSA) is 55.4 Å². The average molecular weight is 301 g/mol. The summed E-state index contributed by atoms with van der Waals surface area (Å²) in [6.07, 6.45) is 0.394. The molecule has 0 spiro atoms. The molecule has 4 nitrogen and oxygen atoms in total. The summed E-state index contributed by atoms with van der Waals surface area (Å²) in [5, 5.41) is 4.80. The fourth-order valence-corrected chi connectivity index (χ4v) is 3.07. The van der Waals surface area contributed by atoms with E-state index < -0.39 is 11.6 Å². The molecule has 0 saturated heterocycles. The molecular weight excluding hydrogens is 286 g/mol. The molecule has 3 rings (SSSR count). The highest BCUT2D eigenvalue weighted by molar-refractivity contribution is 7.09. The second-order valence-electron chi connectivity index (χ2n) is 5.22. The van der Waals surface area contributed by atoms with E-state index in [0.29, 0.717) is 18.5 Å². The number of thiophene rings is 1. The summed E-state index contributed by atoms with van der Waals surface area (Å²) in [6, 6.07) is 11.1. The summed E-state index contributed by atoms with van der Waals surface area (Å²) < 4.78 is 5.38. The zero-order valence-corrected chi connectivity index (χ0v) is 12.4. The van der Waals surface area contributed by atoms with Crippen molar-refractivity contribution in [2.24, 2.45) is 0 Å². The van der Waals surface area contributed by atoms with Crippen molar-refractivity contribution in [3.05, 3.63) is 57.8 Å². The molecule has 21 heavy (non-hydrogen) atoms. The van der Waals surface area contributed by atoms with E-state index in [4.69, 9.17) is 4.74 Å². The Hall–Kier alpha value is -2.14. The monoisotopic (exact) mass is 301 g/mol. The molecule has 1 aliphatic heterocycles. The number of esters is 1. The van der Waals surface area contributed by atoms with Crippen LogP contribution < -0.4 is 5.32 Å². The molecule has 0 aliphatic carbocycles. The number of carbonyl (C=O) groups excluding carboxylic acids is 2. The van der Waals surface area contributed by atoms with Crippen LogP contribution in [0.2, 0.25) is 0 Å². The van der Waals surface area contributed by atoms with Gasteiger partial charge in [-0.15, -0.1) is 11.3 Å². The Labute approximate surface area is 126 Å². The maximum absolute atomic E-state index is 12.4. The van der Waals surface area contributed by atoms with Gasteiger partial charge in [0.2, 0.25) is 0 Å². The van der Waals surface area contributed by atoms with E-state index in [1.54, 1.807) is 30.4 Å². The average Bonchev–Trinajstić information content (AvgIpc) is 2.98. The lowest BCUT2D eigenvalue weighted by Gasteiger charge is -2.32. The van der Waals surface area contributed by atoms with Gasteiger partial charge in [-0.2, -0.15) is 0 Å². The first-order valence-corrected chi connectivity index (χ1v) is 7.58. The van der Waals surface area contributed by atoms with Gasteiger partial charge >= 0.3 is 5.97 Å². The number of rotatable bonds is 3. The Morgan fingerprint density at radius 3 is 2.90 bits per heavy atom. The van der Waals surface area contributed by atoms with E-state index in [1.165, 1.54) is 0 Å². The Kier molecular flexibility index (Phi) is 3.51. The van der Waals surface area contributed by atoms with Gasteiger partial charge < -0.3 is 10.1 Å². The number of cyclic esters (lactones) is 1. The first kappa shape index (κ1) is 13.8. The van der Waals surface area contributed by atoms with Gasteiger partial charge in [-0.05, 0) is 30.0 Å². The lowest BCUT2D eigenvalue weighted by Crippen LogP contribution is -2.51.